The zero-order valence-corrected chi connectivity index (χ0v) is 19.1. The largest absolute Gasteiger partial charge is 0.300 e. The highest BCUT2D eigenvalue weighted by Gasteiger charge is 2.17. The Labute approximate surface area is 185 Å². The Balaban J connectivity index is 1.54. The average Bonchev–Trinajstić information content (AvgIpc) is 3.14. The molecule has 4 nitrogen and oxygen atoms in total. The lowest BCUT2D eigenvalue weighted by Gasteiger charge is -2.12. The van der Waals surface area contributed by atoms with Crippen molar-refractivity contribution in [2.75, 3.05) is 5.32 Å². The molecule has 152 valence electrons. The third-order valence-corrected chi connectivity index (χ3v) is 6.72. The first kappa shape index (κ1) is 21.8. The van der Waals surface area contributed by atoms with E-state index in [1.807, 2.05) is 43.3 Å². The number of rotatable bonds is 8. The zero-order valence-electron chi connectivity index (χ0n) is 16.7. The van der Waals surface area contributed by atoms with Gasteiger partial charge in [0.15, 0.2) is 4.34 Å². The summed E-state index contributed by atoms with van der Waals surface area (Å²) < 4.78 is 0.820. The van der Waals surface area contributed by atoms with Crippen LogP contribution in [0.3, 0.4) is 0 Å². The number of aromatic nitrogens is 2. The third-order valence-electron chi connectivity index (χ3n) is 4.43. The number of halogens is 1. The molecule has 0 saturated heterocycles. The van der Waals surface area contributed by atoms with Crippen LogP contribution in [0.1, 0.15) is 43.4 Å². The zero-order chi connectivity index (χ0) is 20.8. The van der Waals surface area contributed by atoms with Crippen molar-refractivity contribution in [1.29, 1.82) is 0 Å². The van der Waals surface area contributed by atoms with E-state index in [-0.39, 0.29) is 11.8 Å². The maximum Gasteiger partial charge on any atom is 0.233 e. The van der Waals surface area contributed by atoms with Crippen molar-refractivity contribution in [3.05, 3.63) is 70.2 Å². The average molecular weight is 446 g/mol. The van der Waals surface area contributed by atoms with E-state index in [2.05, 4.69) is 41.5 Å². The van der Waals surface area contributed by atoms with E-state index < -0.39 is 0 Å². The van der Waals surface area contributed by atoms with Crippen molar-refractivity contribution < 1.29 is 4.79 Å². The van der Waals surface area contributed by atoms with Crippen LogP contribution in [0.2, 0.25) is 5.02 Å². The van der Waals surface area contributed by atoms with Gasteiger partial charge in [-0.05, 0) is 48.1 Å². The number of benzene rings is 2. The number of carbonyl (C=O) groups is 1. The fourth-order valence-electron chi connectivity index (χ4n) is 2.82. The summed E-state index contributed by atoms with van der Waals surface area (Å²) >= 11 is 8.89. The van der Waals surface area contributed by atoms with Crippen molar-refractivity contribution in [3.63, 3.8) is 0 Å². The van der Waals surface area contributed by atoms with Crippen molar-refractivity contribution in [2.24, 2.45) is 5.92 Å². The van der Waals surface area contributed by atoms with Gasteiger partial charge >= 0.3 is 0 Å². The van der Waals surface area contributed by atoms with Crippen LogP contribution in [-0.2, 0) is 17.0 Å². The Morgan fingerprint density at radius 2 is 1.69 bits per heavy atom. The van der Waals surface area contributed by atoms with E-state index in [4.69, 9.17) is 11.6 Å². The molecule has 0 aliphatic carbocycles. The molecule has 0 bridgehead atoms. The van der Waals surface area contributed by atoms with Gasteiger partial charge in [-0.15, -0.1) is 10.2 Å². The number of nitrogens with one attached hydrogen (secondary N) is 1. The van der Waals surface area contributed by atoms with E-state index in [0.29, 0.717) is 11.0 Å². The first-order valence-electron chi connectivity index (χ1n) is 9.51. The predicted molar refractivity (Wildman–Crippen MR) is 123 cm³/mol. The molecule has 7 heteroatoms. The van der Waals surface area contributed by atoms with Gasteiger partial charge in [-0.2, -0.15) is 0 Å². The second-order valence-electron chi connectivity index (χ2n) is 7.34. The second-order valence-corrected chi connectivity index (χ2v) is 9.98. The number of amides is 1. The lowest BCUT2D eigenvalue weighted by molar-refractivity contribution is -0.117. The Bertz CT molecular complexity index is 939. The Morgan fingerprint density at radius 3 is 2.34 bits per heavy atom. The lowest BCUT2D eigenvalue weighted by Crippen LogP contribution is -2.18. The Morgan fingerprint density at radius 1 is 1.03 bits per heavy atom. The summed E-state index contributed by atoms with van der Waals surface area (Å²) in [6.07, 6.45) is 1.04. The minimum atomic E-state index is -0.253. The van der Waals surface area contributed by atoms with Gasteiger partial charge in [0, 0.05) is 10.8 Å². The third kappa shape index (κ3) is 6.56. The number of anilines is 1. The molecule has 0 aliphatic rings. The van der Waals surface area contributed by atoms with Gasteiger partial charge in [-0.3, -0.25) is 10.1 Å². The van der Waals surface area contributed by atoms with E-state index in [9.17, 15) is 4.79 Å². The molecule has 0 aliphatic heterocycles. The molecule has 0 radical (unpaired) electrons. The molecule has 3 aromatic rings. The highest BCUT2D eigenvalue weighted by molar-refractivity contribution is 8.00. The van der Waals surface area contributed by atoms with E-state index >= 15 is 0 Å². The smallest absolute Gasteiger partial charge is 0.233 e. The van der Waals surface area contributed by atoms with Gasteiger partial charge in [-0.25, -0.2) is 0 Å². The molecule has 3 rings (SSSR count). The molecule has 2 aromatic carbocycles. The maximum atomic E-state index is 12.6. The van der Waals surface area contributed by atoms with Gasteiger partial charge in [0.05, 0.1) is 5.92 Å². The summed E-state index contributed by atoms with van der Waals surface area (Å²) in [5.74, 6) is 1.06. The molecule has 1 amide bonds. The lowest BCUT2D eigenvalue weighted by atomic mass is 9.96. The van der Waals surface area contributed by atoms with Crippen molar-refractivity contribution >= 4 is 45.7 Å². The first-order valence-corrected chi connectivity index (χ1v) is 11.7. The number of nitrogens with zero attached hydrogens (tertiary/aromatic N) is 2. The quantitative estimate of drug-likeness (QED) is 0.321. The summed E-state index contributed by atoms with van der Waals surface area (Å²) in [5.41, 5.74) is 3.45. The molecule has 1 heterocycles. The van der Waals surface area contributed by atoms with Crippen LogP contribution >= 0.6 is 34.7 Å². The fraction of sp³-hybridized carbons (Fsp3) is 0.318. The van der Waals surface area contributed by atoms with Gasteiger partial charge in [0.25, 0.3) is 0 Å². The highest BCUT2D eigenvalue weighted by atomic mass is 35.5. The normalized spacial score (nSPS) is 12.2. The van der Waals surface area contributed by atoms with Gasteiger partial charge in [0.1, 0.15) is 0 Å². The molecular weight excluding hydrogens is 422 g/mol. The topological polar surface area (TPSA) is 54.9 Å². The van der Waals surface area contributed by atoms with Crippen LogP contribution in [0.5, 0.6) is 0 Å². The van der Waals surface area contributed by atoms with Gasteiger partial charge < -0.3 is 0 Å². The number of carbonyl (C=O) groups excluding carboxylic acids is 1. The first-order chi connectivity index (χ1) is 13.9. The summed E-state index contributed by atoms with van der Waals surface area (Å²) in [4.78, 5) is 12.6. The Kier molecular flexibility index (Phi) is 7.70. The summed E-state index contributed by atoms with van der Waals surface area (Å²) in [5, 5.41) is 12.4. The van der Waals surface area contributed by atoms with Crippen LogP contribution < -0.4 is 5.32 Å². The molecule has 29 heavy (non-hydrogen) atoms. The molecule has 1 atom stereocenters. The molecule has 0 spiro atoms. The molecule has 1 aromatic heterocycles. The van der Waals surface area contributed by atoms with Crippen LogP contribution in [-0.4, -0.2) is 16.1 Å². The highest BCUT2D eigenvalue weighted by Crippen LogP contribution is 2.29. The van der Waals surface area contributed by atoms with Gasteiger partial charge in [-0.1, -0.05) is 84.9 Å². The van der Waals surface area contributed by atoms with Crippen LogP contribution in [0.4, 0.5) is 5.13 Å². The molecule has 0 fully saturated rings. The van der Waals surface area contributed by atoms with Gasteiger partial charge in [0.2, 0.25) is 11.0 Å². The number of thioether (sulfide) groups is 1. The number of hydrogen-bond donors (Lipinski definition) is 1. The van der Waals surface area contributed by atoms with Crippen molar-refractivity contribution in [1.82, 2.24) is 10.2 Å². The van der Waals surface area contributed by atoms with E-state index in [1.165, 1.54) is 16.9 Å². The van der Waals surface area contributed by atoms with Crippen molar-refractivity contribution in [3.8, 4) is 0 Å². The summed E-state index contributed by atoms with van der Waals surface area (Å²) in [6.45, 7) is 6.31. The van der Waals surface area contributed by atoms with Crippen LogP contribution in [0, 0.1) is 5.92 Å². The van der Waals surface area contributed by atoms with Crippen LogP contribution in [0.25, 0.3) is 0 Å². The van der Waals surface area contributed by atoms with Crippen LogP contribution in [0.15, 0.2) is 52.9 Å². The minimum absolute atomic E-state index is 0.0768. The summed E-state index contributed by atoms with van der Waals surface area (Å²) in [6, 6.07) is 16.0. The molecule has 1 N–H and O–H groups in total. The maximum absolute atomic E-state index is 12.6. The minimum Gasteiger partial charge on any atom is -0.300 e. The standard InChI is InChI=1S/C22H24ClN3OS2/c1-14(2)12-16-4-8-18(9-5-16)15(3)20(27)24-21-25-26-22(29-21)28-13-17-6-10-19(23)11-7-17/h4-11,14-15H,12-13H2,1-3H3,(H,24,25,27). The monoisotopic (exact) mass is 445 g/mol. The summed E-state index contributed by atoms with van der Waals surface area (Å²) in [7, 11) is 0. The fourth-order valence-corrected chi connectivity index (χ4v) is 4.66. The van der Waals surface area contributed by atoms with E-state index in [1.54, 1.807) is 11.8 Å². The Hall–Kier alpha value is -1.89. The number of hydrogen-bond acceptors (Lipinski definition) is 5. The predicted octanol–water partition coefficient (Wildman–Crippen LogP) is 6.42. The molecular formula is C22H24ClN3OS2. The second kappa shape index (κ2) is 10.2. The molecule has 1 unspecified atom stereocenters. The molecule has 0 saturated carbocycles. The van der Waals surface area contributed by atoms with Crippen molar-refractivity contribution in [2.45, 2.75) is 43.2 Å². The van der Waals surface area contributed by atoms with E-state index in [0.717, 1.165) is 32.7 Å². The SMILES string of the molecule is CC(C)Cc1ccc(C(C)C(=O)Nc2nnc(SCc3ccc(Cl)cc3)s2)cc1.